The summed E-state index contributed by atoms with van der Waals surface area (Å²) in [5.41, 5.74) is 0.520. The average Bonchev–Trinajstić information content (AvgIpc) is 2.94. The summed E-state index contributed by atoms with van der Waals surface area (Å²) in [6.45, 7) is 0. The Labute approximate surface area is 101 Å². The first-order valence-corrected chi connectivity index (χ1v) is 6.01. The molecule has 1 aromatic carbocycles. The molecule has 1 saturated carbocycles. The highest BCUT2D eigenvalue weighted by Crippen LogP contribution is 2.44. The van der Waals surface area contributed by atoms with Gasteiger partial charge in [0.15, 0.2) is 0 Å². The first-order chi connectivity index (χ1) is 8.23. The molecule has 2 aliphatic rings. The maximum absolute atomic E-state index is 9.92. The molecular weight excluding hydrogens is 216 g/mol. The highest BCUT2D eigenvalue weighted by atomic mass is 16.7. The van der Waals surface area contributed by atoms with E-state index in [1.165, 1.54) is 0 Å². The van der Waals surface area contributed by atoms with Crippen LogP contribution in [0.1, 0.15) is 31.2 Å². The normalized spacial score (nSPS) is 22.9. The number of benzene rings is 1. The van der Waals surface area contributed by atoms with Crippen molar-refractivity contribution in [2.75, 3.05) is 0 Å². The van der Waals surface area contributed by atoms with E-state index in [0.717, 1.165) is 18.4 Å². The van der Waals surface area contributed by atoms with Crippen LogP contribution in [0.2, 0.25) is 0 Å². The monoisotopic (exact) mass is 232 g/mol. The highest BCUT2D eigenvalue weighted by Gasteiger charge is 2.45. The van der Waals surface area contributed by atoms with E-state index in [-0.39, 0.29) is 0 Å². The zero-order valence-corrected chi connectivity index (χ0v) is 9.63. The number of ether oxygens (including phenoxy) is 2. The van der Waals surface area contributed by atoms with Crippen LogP contribution in [0.15, 0.2) is 42.9 Å². The quantitative estimate of drug-likeness (QED) is 0.867. The van der Waals surface area contributed by atoms with Crippen LogP contribution in [0.3, 0.4) is 0 Å². The molecule has 90 valence electrons. The van der Waals surface area contributed by atoms with Gasteiger partial charge in [0.25, 0.3) is 5.79 Å². The summed E-state index contributed by atoms with van der Waals surface area (Å²) in [6.07, 6.45) is 6.31. The fraction of sp³-hybridized carbons (Fsp3) is 0.429. The lowest BCUT2D eigenvalue weighted by molar-refractivity contribution is -0.160. The minimum absolute atomic E-state index is 0.475. The van der Waals surface area contributed by atoms with E-state index in [9.17, 15) is 5.11 Å². The average molecular weight is 232 g/mol. The van der Waals surface area contributed by atoms with Crippen LogP contribution in [0, 0.1) is 0 Å². The Morgan fingerprint density at radius 2 is 1.65 bits per heavy atom. The Kier molecular flexibility index (Phi) is 2.37. The third kappa shape index (κ3) is 2.03. The predicted octanol–water partition coefficient (Wildman–Crippen LogP) is 2.66. The lowest BCUT2D eigenvalue weighted by Gasteiger charge is -2.29. The SMILES string of the molecule is OC1(CCC2(c3ccccc3)OC=CO2)CC1. The van der Waals surface area contributed by atoms with Crippen LogP contribution in [0.5, 0.6) is 0 Å². The van der Waals surface area contributed by atoms with Gasteiger partial charge >= 0.3 is 0 Å². The Balaban J connectivity index is 1.78. The fourth-order valence-electron chi connectivity index (χ4n) is 2.19. The number of aliphatic hydroxyl groups is 1. The van der Waals surface area contributed by atoms with Crippen molar-refractivity contribution in [3.63, 3.8) is 0 Å². The smallest absolute Gasteiger partial charge is 0.276 e. The second kappa shape index (κ2) is 3.77. The van der Waals surface area contributed by atoms with E-state index >= 15 is 0 Å². The molecule has 1 aromatic rings. The van der Waals surface area contributed by atoms with E-state index in [1.54, 1.807) is 12.5 Å². The summed E-state index contributed by atoms with van der Waals surface area (Å²) >= 11 is 0. The first-order valence-electron chi connectivity index (χ1n) is 6.01. The summed E-state index contributed by atoms with van der Waals surface area (Å²) < 4.78 is 11.3. The molecule has 0 aromatic heterocycles. The van der Waals surface area contributed by atoms with Crippen LogP contribution >= 0.6 is 0 Å². The van der Waals surface area contributed by atoms with Crippen molar-refractivity contribution in [1.82, 2.24) is 0 Å². The summed E-state index contributed by atoms with van der Waals surface area (Å²) in [4.78, 5) is 0. The van der Waals surface area contributed by atoms with Gasteiger partial charge in [-0.15, -0.1) is 0 Å². The molecule has 1 aliphatic heterocycles. The molecule has 1 aliphatic carbocycles. The minimum Gasteiger partial charge on any atom is -0.453 e. The summed E-state index contributed by atoms with van der Waals surface area (Å²) in [6, 6.07) is 9.88. The topological polar surface area (TPSA) is 38.7 Å². The molecule has 0 saturated heterocycles. The number of hydrogen-bond donors (Lipinski definition) is 1. The molecule has 0 amide bonds. The van der Waals surface area contributed by atoms with Gasteiger partial charge in [-0.05, 0) is 19.3 Å². The van der Waals surface area contributed by atoms with Crippen molar-refractivity contribution < 1.29 is 14.6 Å². The Morgan fingerprint density at radius 1 is 1.00 bits per heavy atom. The van der Waals surface area contributed by atoms with Gasteiger partial charge in [-0.2, -0.15) is 0 Å². The largest absolute Gasteiger partial charge is 0.453 e. The third-order valence-electron chi connectivity index (χ3n) is 3.53. The van der Waals surface area contributed by atoms with Crippen molar-refractivity contribution >= 4 is 0 Å². The van der Waals surface area contributed by atoms with Crippen LogP contribution in [0.25, 0.3) is 0 Å². The minimum atomic E-state index is -0.737. The highest BCUT2D eigenvalue weighted by molar-refractivity contribution is 5.22. The van der Waals surface area contributed by atoms with Gasteiger partial charge in [0.05, 0.1) is 5.60 Å². The zero-order chi connectivity index (χ0) is 11.8. The number of rotatable bonds is 4. The van der Waals surface area contributed by atoms with Gasteiger partial charge in [0, 0.05) is 12.0 Å². The van der Waals surface area contributed by atoms with E-state index in [0.29, 0.717) is 12.8 Å². The molecule has 1 N–H and O–H groups in total. The van der Waals surface area contributed by atoms with Gasteiger partial charge in [0.2, 0.25) is 0 Å². The molecule has 3 nitrogen and oxygen atoms in total. The second-order valence-corrected chi connectivity index (χ2v) is 4.85. The molecule has 0 radical (unpaired) electrons. The standard InChI is InChI=1S/C14H16O3/c15-13(6-7-13)8-9-14(16-10-11-17-14)12-4-2-1-3-5-12/h1-5,10-11,15H,6-9H2. The Morgan fingerprint density at radius 3 is 2.24 bits per heavy atom. The Bertz CT molecular complexity index is 412. The van der Waals surface area contributed by atoms with Crippen LogP contribution < -0.4 is 0 Å². The molecule has 0 unspecified atom stereocenters. The van der Waals surface area contributed by atoms with E-state index in [4.69, 9.17) is 9.47 Å². The third-order valence-corrected chi connectivity index (χ3v) is 3.53. The molecule has 0 atom stereocenters. The van der Waals surface area contributed by atoms with Crippen molar-refractivity contribution in [2.24, 2.45) is 0 Å². The molecular formula is C14H16O3. The predicted molar refractivity (Wildman–Crippen MR) is 62.8 cm³/mol. The lowest BCUT2D eigenvalue weighted by Crippen LogP contribution is -2.29. The van der Waals surface area contributed by atoms with Crippen molar-refractivity contribution in [3.8, 4) is 0 Å². The lowest BCUT2D eigenvalue weighted by atomic mass is 9.98. The van der Waals surface area contributed by atoms with Gasteiger partial charge in [-0.1, -0.05) is 30.3 Å². The van der Waals surface area contributed by atoms with Gasteiger partial charge < -0.3 is 14.6 Å². The van der Waals surface area contributed by atoms with Gasteiger partial charge in [-0.25, -0.2) is 0 Å². The van der Waals surface area contributed by atoms with E-state index in [1.807, 2.05) is 30.3 Å². The maximum atomic E-state index is 9.92. The van der Waals surface area contributed by atoms with Crippen LogP contribution in [0.4, 0.5) is 0 Å². The summed E-state index contributed by atoms with van der Waals surface area (Å²) in [5.74, 6) is -0.737. The molecule has 1 heterocycles. The van der Waals surface area contributed by atoms with E-state index < -0.39 is 11.4 Å². The molecule has 0 bridgehead atoms. The summed E-state index contributed by atoms with van der Waals surface area (Å²) in [5, 5.41) is 9.92. The molecule has 3 rings (SSSR count). The molecule has 3 heteroatoms. The maximum Gasteiger partial charge on any atom is 0.276 e. The molecule has 17 heavy (non-hydrogen) atoms. The zero-order valence-electron chi connectivity index (χ0n) is 9.63. The summed E-state index contributed by atoms with van der Waals surface area (Å²) in [7, 11) is 0. The van der Waals surface area contributed by atoms with Crippen molar-refractivity contribution in [1.29, 1.82) is 0 Å². The van der Waals surface area contributed by atoms with Crippen molar-refractivity contribution in [3.05, 3.63) is 48.4 Å². The van der Waals surface area contributed by atoms with Gasteiger partial charge in [-0.3, -0.25) is 0 Å². The molecule has 1 fully saturated rings. The first kappa shape index (κ1) is 10.7. The Hall–Kier alpha value is -1.48. The van der Waals surface area contributed by atoms with Gasteiger partial charge in [0.1, 0.15) is 12.5 Å². The second-order valence-electron chi connectivity index (χ2n) is 4.85. The van der Waals surface area contributed by atoms with Crippen molar-refractivity contribution in [2.45, 2.75) is 37.1 Å². The van der Waals surface area contributed by atoms with Crippen LogP contribution in [-0.2, 0) is 15.3 Å². The van der Waals surface area contributed by atoms with Crippen LogP contribution in [-0.4, -0.2) is 10.7 Å². The molecule has 0 spiro atoms. The fourth-order valence-corrected chi connectivity index (χ4v) is 2.19. The van der Waals surface area contributed by atoms with E-state index in [2.05, 4.69) is 0 Å². The number of hydrogen-bond acceptors (Lipinski definition) is 3.